The minimum Gasteiger partial charge on any atom is -0.333 e. The molecule has 1 aliphatic rings. The molecule has 4 aromatic heterocycles. The third-order valence-corrected chi connectivity index (χ3v) is 13.7. The smallest absolute Gasteiger partial charge is 0.238 e. The third-order valence-electron chi connectivity index (χ3n) is 13.7. The zero-order valence-electron chi connectivity index (χ0n) is 38.0. The van der Waals surface area contributed by atoms with Gasteiger partial charge in [0.1, 0.15) is 5.84 Å². The lowest BCUT2D eigenvalue weighted by molar-refractivity contribution is 0.381. The van der Waals surface area contributed by atoms with E-state index in [0.717, 1.165) is 99.2 Å². The lowest BCUT2D eigenvalue weighted by Crippen LogP contribution is -2.36. The van der Waals surface area contributed by atoms with Gasteiger partial charge in [0.2, 0.25) is 11.9 Å². The summed E-state index contributed by atoms with van der Waals surface area (Å²) in [7, 11) is 2.09. The van der Waals surface area contributed by atoms with E-state index in [2.05, 4.69) is 208 Å². The van der Waals surface area contributed by atoms with E-state index in [1.165, 1.54) is 0 Å². The molecule has 0 amide bonds. The van der Waals surface area contributed by atoms with Crippen LogP contribution in [-0.2, 0) is 0 Å². The first-order chi connectivity index (χ1) is 34.7. The van der Waals surface area contributed by atoms with Gasteiger partial charge in [-0.3, -0.25) is 9.13 Å². The quantitative estimate of drug-likeness (QED) is 0.166. The van der Waals surface area contributed by atoms with Gasteiger partial charge >= 0.3 is 0 Å². The summed E-state index contributed by atoms with van der Waals surface area (Å²) in [6.07, 6.45) is -0.337. The van der Waals surface area contributed by atoms with Crippen LogP contribution in [0.3, 0.4) is 0 Å². The molecule has 5 heterocycles. The van der Waals surface area contributed by atoms with Gasteiger partial charge in [0.05, 0.1) is 33.1 Å². The second kappa shape index (κ2) is 15.8. The number of aliphatic imine (C=N–C) groups is 2. The molecular formula is C61H41N9. The first-order valence-electron chi connectivity index (χ1n) is 23.5. The van der Waals surface area contributed by atoms with Crippen LogP contribution in [0.2, 0.25) is 0 Å². The van der Waals surface area contributed by atoms with E-state index in [-0.39, 0.29) is 6.17 Å². The van der Waals surface area contributed by atoms with Gasteiger partial charge in [-0.05, 0) is 29.8 Å². The summed E-state index contributed by atoms with van der Waals surface area (Å²) in [6, 6.07) is 78.3. The number of nitrogens with zero attached hydrogens (tertiary/aromatic N) is 9. The Kier molecular flexibility index (Phi) is 8.97. The van der Waals surface area contributed by atoms with Crippen molar-refractivity contribution >= 4 is 77.2 Å². The minimum atomic E-state index is -0.337. The van der Waals surface area contributed by atoms with Crippen LogP contribution in [0.4, 0.5) is 0 Å². The maximum Gasteiger partial charge on any atom is 0.238 e. The molecule has 0 N–H and O–H groups in total. The summed E-state index contributed by atoms with van der Waals surface area (Å²) in [6.45, 7) is 0. The molecule has 9 aromatic carbocycles. The third kappa shape index (κ3) is 6.08. The summed E-state index contributed by atoms with van der Waals surface area (Å²) < 4.78 is 7.00. The predicted octanol–water partition coefficient (Wildman–Crippen LogP) is 13.8. The molecule has 0 radical (unpaired) electrons. The maximum atomic E-state index is 5.60. The highest BCUT2D eigenvalue weighted by Crippen LogP contribution is 2.45. The summed E-state index contributed by atoms with van der Waals surface area (Å²) in [4.78, 5) is 29.1. The molecule has 9 heteroatoms. The molecule has 70 heavy (non-hydrogen) atoms. The van der Waals surface area contributed by atoms with Crippen LogP contribution in [0.15, 0.2) is 234 Å². The van der Waals surface area contributed by atoms with Crippen molar-refractivity contribution in [3.8, 4) is 34.4 Å². The maximum absolute atomic E-state index is 5.60. The highest BCUT2D eigenvalue weighted by Gasteiger charge is 2.31. The Morgan fingerprint density at radius 1 is 0.357 bits per heavy atom. The van der Waals surface area contributed by atoms with Gasteiger partial charge in [0.25, 0.3) is 0 Å². The molecule has 0 aliphatic carbocycles. The normalized spacial score (nSPS) is 14.1. The fourth-order valence-corrected chi connectivity index (χ4v) is 10.6. The number of benzene rings is 9. The molecule has 0 spiro atoms. The van der Waals surface area contributed by atoms with Crippen LogP contribution in [-0.4, -0.2) is 52.4 Å². The number of hydrogen-bond donors (Lipinski definition) is 0. The van der Waals surface area contributed by atoms with E-state index in [0.29, 0.717) is 23.6 Å². The van der Waals surface area contributed by atoms with Crippen molar-refractivity contribution in [3.63, 3.8) is 0 Å². The van der Waals surface area contributed by atoms with Crippen molar-refractivity contribution in [2.45, 2.75) is 6.17 Å². The van der Waals surface area contributed by atoms with Crippen molar-refractivity contribution in [1.82, 2.24) is 33.6 Å². The zero-order chi connectivity index (χ0) is 46.3. The Bertz CT molecular complexity index is 4170. The topological polar surface area (TPSA) is 81.4 Å². The molecule has 1 atom stereocenters. The van der Waals surface area contributed by atoms with Crippen LogP contribution in [0.5, 0.6) is 0 Å². The molecule has 0 saturated carbocycles. The van der Waals surface area contributed by atoms with E-state index in [4.69, 9.17) is 24.9 Å². The highest BCUT2D eigenvalue weighted by atomic mass is 15.4. The Labute approximate surface area is 402 Å². The molecule has 0 bridgehead atoms. The van der Waals surface area contributed by atoms with Crippen LogP contribution >= 0.6 is 0 Å². The second-order valence-electron chi connectivity index (χ2n) is 17.7. The molecule has 14 rings (SSSR count). The summed E-state index contributed by atoms with van der Waals surface area (Å²) in [5, 5.41) is 6.60. The van der Waals surface area contributed by atoms with Gasteiger partial charge in [-0.1, -0.05) is 200 Å². The van der Waals surface area contributed by atoms with Crippen molar-refractivity contribution in [1.29, 1.82) is 0 Å². The summed E-state index contributed by atoms with van der Waals surface area (Å²) in [5.74, 6) is 3.18. The minimum absolute atomic E-state index is 0.337. The number of hydrogen-bond acceptors (Lipinski definition) is 6. The fraction of sp³-hybridized carbons (Fsp3) is 0.0328. The molecule has 13 aromatic rings. The summed E-state index contributed by atoms with van der Waals surface area (Å²) >= 11 is 0. The number of rotatable bonds is 6. The van der Waals surface area contributed by atoms with E-state index in [1.54, 1.807) is 0 Å². The standard InChI is InChI=1S/C61H41N9/c1-67-58(41-25-11-4-12-26-41)65-61(66-59(67)42-27-13-5-14-28-42)70-51-34-20-18-32-45(51)47-36-38-49-48-37-35-46-44-31-17-19-33-50(44)69(54(46)52(48)68(53(49)55(47)70)43-29-15-6-16-30-43)60-63-56(39-21-7-2-8-22-39)62-57(64-60)40-23-9-3-10-24-40/h2-38,58H,1H3. The Morgan fingerprint density at radius 2 is 0.771 bits per heavy atom. The van der Waals surface area contributed by atoms with Crippen molar-refractivity contribution in [2.75, 3.05) is 7.05 Å². The Hall–Kier alpha value is -9.47. The first-order valence-corrected chi connectivity index (χ1v) is 23.5. The average Bonchev–Trinajstić information content (AvgIpc) is 4.08. The Morgan fingerprint density at radius 3 is 1.31 bits per heavy atom. The largest absolute Gasteiger partial charge is 0.333 e. The average molecular weight is 900 g/mol. The second-order valence-corrected chi connectivity index (χ2v) is 17.7. The summed E-state index contributed by atoms with van der Waals surface area (Å²) in [5.41, 5.74) is 11.0. The lowest BCUT2D eigenvalue weighted by Gasteiger charge is -2.32. The monoisotopic (exact) mass is 899 g/mol. The highest BCUT2D eigenvalue weighted by molar-refractivity contribution is 6.30. The number of fused-ring (bicyclic) bond motifs is 11. The van der Waals surface area contributed by atoms with E-state index < -0.39 is 0 Å². The van der Waals surface area contributed by atoms with E-state index >= 15 is 0 Å². The fourth-order valence-electron chi connectivity index (χ4n) is 10.6. The molecule has 9 nitrogen and oxygen atoms in total. The van der Waals surface area contributed by atoms with Gasteiger partial charge in [0, 0.05) is 61.7 Å². The molecular weight excluding hydrogens is 859 g/mol. The van der Waals surface area contributed by atoms with Crippen LogP contribution in [0.1, 0.15) is 17.3 Å². The van der Waals surface area contributed by atoms with Crippen LogP contribution in [0.25, 0.3) is 99.8 Å². The van der Waals surface area contributed by atoms with Gasteiger partial charge in [-0.15, -0.1) is 0 Å². The molecule has 1 aliphatic heterocycles. The van der Waals surface area contributed by atoms with E-state index in [1.807, 2.05) is 42.5 Å². The predicted molar refractivity (Wildman–Crippen MR) is 285 cm³/mol. The SMILES string of the molecule is CN1C(c2ccccc2)=NC(n2c3ccccc3c3ccc4c5ccc6c7ccccc7n(-c7nc(-c8ccccc8)nc(-c8ccccc8)n7)c6c5n(-c5ccccc5)c4c32)=NC1c1ccccc1. The number of para-hydroxylation sites is 3. The van der Waals surface area contributed by atoms with Gasteiger partial charge in [0.15, 0.2) is 17.8 Å². The molecule has 1 unspecified atom stereocenters. The Balaban J connectivity index is 1.15. The number of aromatic nitrogens is 6. The van der Waals surface area contributed by atoms with Crippen molar-refractivity contribution in [2.24, 2.45) is 9.98 Å². The van der Waals surface area contributed by atoms with Gasteiger partial charge < -0.3 is 9.47 Å². The molecule has 0 saturated heterocycles. The van der Waals surface area contributed by atoms with Crippen molar-refractivity contribution < 1.29 is 0 Å². The lowest BCUT2D eigenvalue weighted by atomic mass is 10.1. The van der Waals surface area contributed by atoms with Crippen LogP contribution < -0.4 is 0 Å². The van der Waals surface area contributed by atoms with E-state index in [9.17, 15) is 0 Å². The van der Waals surface area contributed by atoms with Crippen LogP contribution in [0, 0.1) is 0 Å². The van der Waals surface area contributed by atoms with Crippen molar-refractivity contribution in [3.05, 3.63) is 236 Å². The number of amidine groups is 1. The molecule has 330 valence electrons. The van der Waals surface area contributed by atoms with Gasteiger partial charge in [-0.25, -0.2) is 9.98 Å². The van der Waals surface area contributed by atoms with Gasteiger partial charge in [-0.2, -0.15) is 15.0 Å². The first kappa shape index (κ1) is 39.7. The zero-order valence-corrected chi connectivity index (χ0v) is 38.0. The molecule has 0 fully saturated rings.